The zero-order valence-corrected chi connectivity index (χ0v) is 8.40. The minimum atomic E-state index is -0.129. The van der Waals surface area contributed by atoms with Crippen molar-refractivity contribution in [1.82, 2.24) is 0 Å². The Hall–Kier alpha value is -0.280. The Morgan fingerprint density at radius 2 is 1.42 bits per heavy atom. The molecule has 3 N–H and O–H groups in total. The number of carbonyl (C=O) groups excluding carboxylic acids is 1. The van der Waals surface area contributed by atoms with Crippen LogP contribution in [0.25, 0.3) is 0 Å². The molecule has 1 aromatic rings. The average molecular weight is 229 g/mol. The molecule has 1 amide bonds. The molecule has 0 unspecified atom stereocenters. The molecule has 0 fully saturated rings. The smallest absolute Gasteiger partial charge is 0.340 e. The first-order valence-corrected chi connectivity index (χ1v) is 2.72. The largest absolute Gasteiger partial charge is 1.00 e. The molecule has 1 rings (SSSR count). The topological polar surface area (TPSA) is 44.7 Å². The Balaban J connectivity index is -0.000000270. The van der Waals surface area contributed by atoms with E-state index in [2.05, 4.69) is 5.73 Å². The molecule has 0 aliphatic carbocycles. The summed E-state index contributed by atoms with van der Waals surface area (Å²) in [6.45, 7) is 0. The van der Waals surface area contributed by atoms with Crippen molar-refractivity contribution in [3.63, 3.8) is 0 Å². The van der Waals surface area contributed by atoms with Crippen LogP contribution >= 0.6 is 0 Å². The van der Waals surface area contributed by atoms with Crippen LogP contribution in [0, 0.1) is 0 Å². The van der Waals surface area contributed by atoms with Crippen LogP contribution in [0.5, 0.6) is 0 Å². The summed E-state index contributed by atoms with van der Waals surface area (Å²) >= 11 is 0. The van der Waals surface area contributed by atoms with E-state index in [9.17, 15) is 4.79 Å². The van der Waals surface area contributed by atoms with E-state index in [-0.39, 0.29) is 43.1 Å². The maximum absolute atomic E-state index is 10.5. The number of hydrogen-bond acceptors (Lipinski definition) is 1. The first kappa shape index (κ1) is 17.7. The number of rotatable bonds is 1. The number of amides is 1. The summed E-state index contributed by atoms with van der Waals surface area (Å²) in [5.74, 6) is -0.129. The normalized spacial score (nSPS) is 6.75. The van der Waals surface area contributed by atoms with Crippen molar-refractivity contribution < 1.29 is 47.7 Å². The average Bonchev–Trinajstić information content (AvgIpc) is 1.90. The molecule has 0 atom stereocenters. The quantitative estimate of drug-likeness (QED) is 0.510. The van der Waals surface area contributed by atoms with Gasteiger partial charge in [0.2, 0.25) is 0 Å². The SMILES string of the molecule is [Cl-].[Cl-].[Cl-].[NH3+]C(=O)c1ccccc1. The van der Waals surface area contributed by atoms with Gasteiger partial charge in [0.25, 0.3) is 0 Å². The van der Waals surface area contributed by atoms with E-state index in [4.69, 9.17) is 0 Å². The second-order valence-corrected chi connectivity index (χ2v) is 1.79. The summed E-state index contributed by atoms with van der Waals surface area (Å²) in [6, 6.07) is 8.99. The van der Waals surface area contributed by atoms with Crippen molar-refractivity contribution in [1.29, 1.82) is 0 Å². The monoisotopic (exact) mass is 227 g/mol. The summed E-state index contributed by atoms with van der Waals surface area (Å²) in [4.78, 5) is 10.5. The van der Waals surface area contributed by atoms with Gasteiger partial charge in [-0.2, -0.15) is 0 Å². The van der Waals surface area contributed by atoms with E-state index in [1.54, 1.807) is 12.1 Å². The Bertz CT molecular complexity index is 215. The van der Waals surface area contributed by atoms with Gasteiger partial charge in [-0.05, 0) is 12.1 Å². The third kappa shape index (κ3) is 5.38. The number of benzene rings is 1. The Morgan fingerprint density at radius 1 is 1.00 bits per heavy atom. The maximum atomic E-state index is 10.5. The van der Waals surface area contributed by atoms with Crippen molar-refractivity contribution in [3.8, 4) is 0 Å². The van der Waals surface area contributed by atoms with Crippen molar-refractivity contribution in [2.45, 2.75) is 0 Å². The Morgan fingerprint density at radius 3 is 1.67 bits per heavy atom. The molecule has 5 heteroatoms. The molecule has 0 saturated carbocycles. The van der Waals surface area contributed by atoms with Crippen LogP contribution < -0.4 is 43.0 Å². The highest BCUT2D eigenvalue weighted by Gasteiger charge is 1.98. The first-order chi connectivity index (χ1) is 4.30. The van der Waals surface area contributed by atoms with Gasteiger partial charge in [0.1, 0.15) is 0 Å². The summed E-state index contributed by atoms with van der Waals surface area (Å²) in [6.07, 6.45) is 0. The third-order valence-electron chi connectivity index (χ3n) is 1.10. The van der Waals surface area contributed by atoms with E-state index in [1.807, 2.05) is 18.2 Å². The van der Waals surface area contributed by atoms with Gasteiger partial charge in [-0.15, -0.1) is 0 Å². The van der Waals surface area contributed by atoms with E-state index in [0.29, 0.717) is 5.56 Å². The molecular weight excluding hydrogens is 220 g/mol. The van der Waals surface area contributed by atoms with Crippen LogP contribution in [0.15, 0.2) is 30.3 Å². The van der Waals surface area contributed by atoms with E-state index < -0.39 is 0 Å². The lowest BCUT2D eigenvalue weighted by molar-refractivity contribution is -0.255. The highest BCUT2D eigenvalue weighted by atomic mass is 35.5. The lowest BCUT2D eigenvalue weighted by atomic mass is 10.2. The summed E-state index contributed by atoms with van der Waals surface area (Å²) in [7, 11) is 0. The Labute approximate surface area is 89.8 Å². The van der Waals surface area contributed by atoms with Crippen LogP contribution in [0.2, 0.25) is 0 Å². The standard InChI is InChI=1S/C7H7NO.3ClH/c8-7(9)6-4-2-1-3-5-6;;;/h1-5H,(H2,8,9);3*1H/p-2. The molecule has 1 aromatic carbocycles. The van der Waals surface area contributed by atoms with Crippen LogP contribution in [-0.4, -0.2) is 5.91 Å². The third-order valence-corrected chi connectivity index (χ3v) is 1.10. The maximum Gasteiger partial charge on any atom is 0.340 e. The fourth-order valence-corrected chi connectivity index (χ4v) is 0.624. The first-order valence-electron chi connectivity index (χ1n) is 2.72. The zero-order valence-electron chi connectivity index (χ0n) is 6.14. The Kier molecular flexibility index (Phi) is 13.0. The fraction of sp³-hybridized carbons (Fsp3) is 0. The molecule has 70 valence electrons. The molecule has 0 spiro atoms. The predicted molar refractivity (Wildman–Crippen MR) is 33.7 cm³/mol. The zero-order chi connectivity index (χ0) is 6.69. The molecule has 0 radical (unpaired) electrons. The number of halogens is 3. The van der Waals surface area contributed by atoms with Crippen LogP contribution in [0.1, 0.15) is 10.4 Å². The second-order valence-electron chi connectivity index (χ2n) is 1.79. The van der Waals surface area contributed by atoms with Gasteiger partial charge in [0, 0.05) is 0 Å². The molecule has 0 aliphatic heterocycles. The lowest BCUT2D eigenvalue weighted by Gasteiger charge is -1.85. The van der Waals surface area contributed by atoms with Crippen LogP contribution in [0.3, 0.4) is 0 Å². The van der Waals surface area contributed by atoms with Crippen molar-refractivity contribution in [2.75, 3.05) is 0 Å². The predicted octanol–water partition coefficient (Wildman–Crippen LogP) is -8.92. The molecule has 0 aliphatic rings. The van der Waals surface area contributed by atoms with Crippen LogP contribution in [0.4, 0.5) is 0 Å². The summed E-state index contributed by atoms with van der Waals surface area (Å²) < 4.78 is 0. The van der Waals surface area contributed by atoms with Gasteiger partial charge in [-0.3, -0.25) is 5.73 Å². The van der Waals surface area contributed by atoms with E-state index >= 15 is 0 Å². The number of hydrogen-bond donors (Lipinski definition) is 1. The highest BCUT2D eigenvalue weighted by Crippen LogP contribution is 1.93. The number of carbonyl (C=O) groups is 1. The minimum absolute atomic E-state index is 0. The molecule has 0 saturated heterocycles. The van der Waals surface area contributed by atoms with Crippen LogP contribution in [-0.2, 0) is 0 Å². The summed E-state index contributed by atoms with van der Waals surface area (Å²) in [5.41, 5.74) is 3.93. The van der Waals surface area contributed by atoms with E-state index in [1.165, 1.54) is 0 Å². The molecule has 0 aromatic heterocycles. The summed E-state index contributed by atoms with van der Waals surface area (Å²) in [5, 5.41) is 0. The lowest BCUT2D eigenvalue weighted by Crippen LogP contribution is -3.00. The highest BCUT2D eigenvalue weighted by molar-refractivity contribution is 5.85. The second kappa shape index (κ2) is 8.81. The van der Waals surface area contributed by atoms with Crippen molar-refractivity contribution in [3.05, 3.63) is 35.9 Å². The fourth-order valence-electron chi connectivity index (χ4n) is 0.624. The van der Waals surface area contributed by atoms with Gasteiger partial charge in [-0.25, -0.2) is 4.79 Å². The number of quaternary nitrogens is 1. The molecule has 12 heavy (non-hydrogen) atoms. The van der Waals surface area contributed by atoms with E-state index in [0.717, 1.165) is 0 Å². The minimum Gasteiger partial charge on any atom is -1.00 e. The van der Waals surface area contributed by atoms with Gasteiger partial charge >= 0.3 is 5.91 Å². The van der Waals surface area contributed by atoms with Gasteiger partial charge < -0.3 is 37.2 Å². The van der Waals surface area contributed by atoms with Gasteiger partial charge in [0.05, 0.1) is 5.56 Å². The van der Waals surface area contributed by atoms with Gasteiger partial charge in [-0.1, -0.05) is 18.2 Å². The molecule has 2 nitrogen and oxygen atoms in total. The molecular formula is C7H8Cl3NO-2. The van der Waals surface area contributed by atoms with Crippen molar-refractivity contribution in [2.24, 2.45) is 0 Å². The molecule has 0 bridgehead atoms. The molecule has 0 heterocycles. The van der Waals surface area contributed by atoms with Gasteiger partial charge in [0.15, 0.2) is 0 Å². The van der Waals surface area contributed by atoms with Crippen molar-refractivity contribution >= 4 is 5.91 Å².